The van der Waals surface area contributed by atoms with Gasteiger partial charge in [-0.3, -0.25) is 0 Å². The molecule has 2 aromatic carbocycles. The molecule has 0 saturated carbocycles. The van der Waals surface area contributed by atoms with E-state index in [2.05, 4.69) is 115 Å². The molecule has 0 radical (unpaired) electrons. The molecule has 4 rings (SSSR count). The van der Waals surface area contributed by atoms with Crippen LogP contribution < -0.4 is 9.47 Å². The zero-order valence-electron chi connectivity index (χ0n) is 33.3. The number of hydrogen-bond donors (Lipinski definition) is 0. The van der Waals surface area contributed by atoms with Crippen LogP contribution in [0.1, 0.15) is 98.6 Å². The van der Waals surface area contributed by atoms with E-state index in [0.717, 1.165) is 56.0 Å². The van der Waals surface area contributed by atoms with Crippen molar-refractivity contribution in [3.05, 3.63) is 57.4 Å². The molecular formula is C43H62N2O4Se2. The molecule has 0 amide bonds. The number of nitrogens with zero attached hydrogens (tertiary/aromatic N) is 2. The van der Waals surface area contributed by atoms with Gasteiger partial charge < -0.3 is 0 Å². The van der Waals surface area contributed by atoms with E-state index in [1.54, 1.807) is 0 Å². The van der Waals surface area contributed by atoms with E-state index >= 15 is 0 Å². The Bertz CT molecular complexity index is 1660. The van der Waals surface area contributed by atoms with Crippen LogP contribution in [0.2, 0.25) is 0 Å². The normalized spacial score (nSPS) is 13.1. The fourth-order valence-electron chi connectivity index (χ4n) is 8.70. The first-order valence-electron chi connectivity index (χ1n) is 18.3. The van der Waals surface area contributed by atoms with Crippen LogP contribution in [0.4, 0.5) is 0 Å². The van der Waals surface area contributed by atoms with E-state index in [1.165, 1.54) is 19.6 Å². The summed E-state index contributed by atoms with van der Waals surface area (Å²) in [5.74, 6) is 1.08. The van der Waals surface area contributed by atoms with Crippen molar-refractivity contribution in [2.75, 3.05) is 41.3 Å². The molecule has 0 bridgehead atoms. The fraction of sp³-hybridized carbons (Fsp3) is 0.581. The van der Waals surface area contributed by atoms with Crippen molar-refractivity contribution < 1.29 is 19.1 Å². The molecule has 0 aliphatic carbocycles. The van der Waals surface area contributed by atoms with Gasteiger partial charge in [-0.1, -0.05) is 0 Å². The van der Waals surface area contributed by atoms with Crippen molar-refractivity contribution in [3.63, 3.8) is 0 Å². The maximum atomic E-state index is 13.4. The van der Waals surface area contributed by atoms with Crippen molar-refractivity contribution in [2.45, 2.75) is 100 Å². The second kappa shape index (κ2) is 16.9. The third kappa shape index (κ3) is 12.4. The zero-order chi connectivity index (χ0) is 37.8. The van der Waals surface area contributed by atoms with Crippen LogP contribution in [0, 0.1) is 21.7 Å². The number of rotatable bonds is 18. The average Bonchev–Trinajstić information content (AvgIpc) is 3.57. The number of carbonyl (C=O) groups excluding carboxylic acids is 2. The number of fused-ring (bicyclic) bond motifs is 2. The summed E-state index contributed by atoms with van der Waals surface area (Å²) >= 11 is 0.556. The van der Waals surface area contributed by atoms with E-state index in [9.17, 15) is 9.59 Å². The van der Waals surface area contributed by atoms with Crippen LogP contribution >= 0.6 is 0 Å². The molecule has 0 aliphatic rings. The molecule has 51 heavy (non-hydrogen) atoms. The molecule has 0 atom stereocenters. The van der Waals surface area contributed by atoms with Gasteiger partial charge in [0.2, 0.25) is 0 Å². The number of hydrogen-bond acceptors (Lipinski definition) is 6. The Labute approximate surface area is 319 Å². The van der Waals surface area contributed by atoms with Crippen LogP contribution in [0.15, 0.2) is 46.3 Å². The predicted molar refractivity (Wildman–Crippen MR) is 216 cm³/mol. The van der Waals surface area contributed by atoms with Crippen LogP contribution in [-0.2, 0) is 22.4 Å². The molecule has 0 aliphatic heterocycles. The van der Waals surface area contributed by atoms with Gasteiger partial charge in [0.05, 0.1) is 0 Å². The van der Waals surface area contributed by atoms with Crippen LogP contribution in [-0.4, -0.2) is 92.0 Å². The molecule has 2 heterocycles. The number of ether oxygens (including phenoxy) is 2. The Morgan fingerprint density at radius 1 is 0.569 bits per heavy atom. The Morgan fingerprint density at radius 3 is 1.27 bits per heavy atom. The molecule has 0 N–H and O–H groups in total. The Balaban J connectivity index is 1.35. The topological polar surface area (TPSA) is 59.1 Å². The van der Waals surface area contributed by atoms with Gasteiger partial charge in [-0.05, 0) is 0 Å². The van der Waals surface area contributed by atoms with Gasteiger partial charge in [-0.15, -0.1) is 0 Å². The van der Waals surface area contributed by atoms with Crippen molar-refractivity contribution in [1.29, 1.82) is 0 Å². The fourth-order valence-corrected chi connectivity index (χ4v) is 12.9. The van der Waals surface area contributed by atoms with E-state index in [0.29, 0.717) is 24.3 Å². The predicted octanol–water partition coefficient (Wildman–Crippen LogP) is 8.88. The van der Waals surface area contributed by atoms with Crippen LogP contribution in [0.25, 0.3) is 19.3 Å². The van der Waals surface area contributed by atoms with E-state index in [1.807, 2.05) is 24.3 Å². The van der Waals surface area contributed by atoms with E-state index in [-0.39, 0.29) is 62.6 Å². The molecule has 0 saturated heterocycles. The Kier molecular flexibility index (Phi) is 13.8. The second-order valence-electron chi connectivity index (χ2n) is 18.4. The average molecular weight is 829 g/mol. The molecule has 280 valence electrons. The summed E-state index contributed by atoms with van der Waals surface area (Å²) in [7, 11) is 8.36. The minimum absolute atomic E-state index is 0.0237. The standard InChI is InChI=1S/C43H62N2O4Se2/c1-40(2,23-36(46)48-32-15-13-17-34-38(32)30(25-50-34)19-21-44(9)10)27-42(5,6)29-43(7,8)28-41(3,4)24-37(47)49-33-16-14-18-35-39(33)31(26-51-35)20-22-45(11)12/h13-18,25-26H,19-24,27-29H2,1-12H3. The third-order valence-electron chi connectivity index (χ3n) is 9.50. The first-order chi connectivity index (χ1) is 23.6. The van der Waals surface area contributed by atoms with Gasteiger partial charge in [-0.2, -0.15) is 0 Å². The van der Waals surface area contributed by atoms with Crippen molar-refractivity contribution in [3.8, 4) is 11.5 Å². The number of esters is 2. The minimum atomic E-state index is -0.238. The molecule has 0 spiro atoms. The third-order valence-corrected chi connectivity index (χ3v) is 13.7. The number of benzene rings is 2. The molecule has 0 fully saturated rings. The summed E-state index contributed by atoms with van der Waals surface area (Å²) in [6, 6.07) is 12.3. The first-order valence-corrected chi connectivity index (χ1v) is 22.0. The SMILES string of the molecule is CN(C)CCc1c[se]c2cccc(OC(=O)CC(C)(C)CC(C)(C)CC(C)(C)CC(C)(C)CC(=O)Oc3cccc4[se]cc(CCN(C)C)c34)c12. The van der Waals surface area contributed by atoms with E-state index < -0.39 is 0 Å². The second-order valence-corrected chi connectivity index (χ2v) is 22.2. The van der Waals surface area contributed by atoms with Crippen molar-refractivity contribution in [1.82, 2.24) is 9.80 Å². The van der Waals surface area contributed by atoms with Gasteiger partial charge in [-0.25, -0.2) is 0 Å². The molecule has 8 heteroatoms. The maximum absolute atomic E-state index is 13.4. The number of carbonyl (C=O) groups is 2. The van der Waals surface area contributed by atoms with Gasteiger partial charge in [0.1, 0.15) is 0 Å². The summed E-state index contributed by atoms with van der Waals surface area (Å²) < 4.78 is 14.8. The Hall–Kier alpha value is -2.18. The van der Waals surface area contributed by atoms with Gasteiger partial charge >= 0.3 is 321 Å². The van der Waals surface area contributed by atoms with Gasteiger partial charge in [0.15, 0.2) is 0 Å². The van der Waals surface area contributed by atoms with Gasteiger partial charge in [0.25, 0.3) is 0 Å². The molecule has 0 unspecified atom stereocenters. The van der Waals surface area contributed by atoms with Crippen LogP contribution in [0.5, 0.6) is 11.5 Å². The summed E-state index contributed by atoms with van der Waals surface area (Å²) in [6.07, 6.45) is 5.36. The quantitative estimate of drug-likeness (QED) is 0.0568. The van der Waals surface area contributed by atoms with Gasteiger partial charge in [0, 0.05) is 0 Å². The zero-order valence-corrected chi connectivity index (χ0v) is 36.8. The summed E-state index contributed by atoms with van der Waals surface area (Å²) in [6.45, 7) is 19.9. The van der Waals surface area contributed by atoms with Crippen LogP contribution in [0.3, 0.4) is 0 Å². The first kappa shape index (κ1) is 41.6. The molecule has 2 aromatic heterocycles. The summed E-state index contributed by atoms with van der Waals surface area (Å²) in [4.78, 5) is 35.9. The Morgan fingerprint density at radius 2 is 0.922 bits per heavy atom. The van der Waals surface area contributed by atoms with Crippen molar-refractivity contribution >= 4 is 60.2 Å². The van der Waals surface area contributed by atoms with E-state index in [4.69, 9.17) is 9.47 Å². The number of likely N-dealkylation sites (N-methyl/N-ethyl adjacent to an activating group) is 2. The molecule has 4 aromatic rings. The monoisotopic (exact) mass is 830 g/mol. The summed E-state index contributed by atoms with van der Waals surface area (Å²) in [5, 5.41) is 2.27. The van der Waals surface area contributed by atoms with Crippen molar-refractivity contribution in [2.24, 2.45) is 21.7 Å². The summed E-state index contributed by atoms with van der Waals surface area (Å²) in [5.41, 5.74) is 2.07. The molecule has 6 nitrogen and oxygen atoms in total. The molecular weight excluding hydrogens is 766 g/mol.